The van der Waals surface area contributed by atoms with Crippen LogP contribution in [0.2, 0.25) is 5.02 Å². The quantitative estimate of drug-likeness (QED) is 0.788. The molecule has 0 fully saturated rings. The van der Waals surface area contributed by atoms with E-state index < -0.39 is 10.0 Å². The first-order chi connectivity index (χ1) is 10.5. The van der Waals surface area contributed by atoms with Crippen LogP contribution in [0.4, 0.5) is 5.69 Å². The van der Waals surface area contributed by atoms with Gasteiger partial charge in [0.1, 0.15) is 17.0 Å². The number of pyridine rings is 1. The molecule has 1 aromatic carbocycles. The molecule has 0 atom stereocenters. The molecule has 114 valence electrons. The second kappa shape index (κ2) is 5.47. The smallest absolute Gasteiger partial charge is 0.265 e. The van der Waals surface area contributed by atoms with Gasteiger partial charge in [-0.05, 0) is 30.3 Å². The lowest BCUT2D eigenvalue weighted by Gasteiger charge is -2.12. The maximum Gasteiger partial charge on any atom is 0.265 e. The first-order valence-electron chi connectivity index (χ1n) is 6.16. The summed E-state index contributed by atoms with van der Waals surface area (Å²) in [7, 11) is -2.50. The number of ether oxygens (including phenoxy) is 1. The average molecular weight is 339 g/mol. The van der Waals surface area contributed by atoms with E-state index in [1.54, 1.807) is 28.8 Å². The summed E-state index contributed by atoms with van der Waals surface area (Å²) in [4.78, 5) is -0.0518. The van der Waals surface area contributed by atoms with Crippen molar-refractivity contribution >= 4 is 33.0 Å². The van der Waals surface area contributed by atoms with Crippen LogP contribution in [0.3, 0.4) is 0 Å². The topological polar surface area (TPSA) is 85.6 Å². The van der Waals surface area contributed by atoms with Crippen LogP contribution in [0, 0.1) is 0 Å². The van der Waals surface area contributed by atoms with Gasteiger partial charge in [-0.3, -0.25) is 9.12 Å². The Labute approximate surface area is 131 Å². The van der Waals surface area contributed by atoms with Gasteiger partial charge in [0.2, 0.25) is 0 Å². The molecule has 0 bridgehead atoms. The molecule has 1 N–H and O–H groups in total. The highest BCUT2D eigenvalue weighted by Crippen LogP contribution is 2.29. The lowest BCUT2D eigenvalue weighted by molar-refractivity contribution is 0.403. The van der Waals surface area contributed by atoms with Crippen LogP contribution in [-0.2, 0) is 10.0 Å². The number of hydrogen-bond acceptors (Lipinski definition) is 5. The number of benzene rings is 1. The van der Waals surface area contributed by atoms with Gasteiger partial charge >= 0.3 is 0 Å². The maximum absolute atomic E-state index is 12.6. The number of halogens is 1. The minimum absolute atomic E-state index is 0.0518. The lowest BCUT2D eigenvalue weighted by Crippen LogP contribution is -2.14. The summed E-state index contributed by atoms with van der Waals surface area (Å²) >= 11 is 5.89. The van der Waals surface area contributed by atoms with Crippen molar-refractivity contribution in [3.63, 3.8) is 0 Å². The van der Waals surface area contributed by atoms with Gasteiger partial charge in [0.25, 0.3) is 10.0 Å². The first-order valence-corrected chi connectivity index (χ1v) is 8.02. The van der Waals surface area contributed by atoms with E-state index in [1.807, 2.05) is 0 Å². The maximum atomic E-state index is 12.6. The van der Waals surface area contributed by atoms with Crippen molar-refractivity contribution in [3.05, 3.63) is 47.9 Å². The minimum atomic E-state index is -3.89. The van der Waals surface area contributed by atoms with Gasteiger partial charge in [0.05, 0.1) is 12.8 Å². The number of nitrogens with zero attached hydrogens (tertiary/aromatic N) is 3. The molecular formula is C13H11ClN4O3S. The minimum Gasteiger partial charge on any atom is -0.495 e. The molecular weight excluding hydrogens is 328 g/mol. The van der Waals surface area contributed by atoms with Crippen molar-refractivity contribution in [2.24, 2.45) is 0 Å². The van der Waals surface area contributed by atoms with Gasteiger partial charge in [-0.15, -0.1) is 10.2 Å². The van der Waals surface area contributed by atoms with E-state index in [4.69, 9.17) is 16.3 Å². The van der Waals surface area contributed by atoms with Crippen LogP contribution < -0.4 is 9.46 Å². The third-order valence-electron chi connectivity index (χ3n) is 2.98. The molecule has 9 heteroatoms. The number of aromatic nitrogens is 3. The van der Waals surface area contributed by atoms with Crippen LogP contribution in [0.1, 0.15) is 0 Å². The van der Waals surface area contributed by atoms with Crippen LogP contribution in [0.15, 0.2) is 47.8 Å². The highest BCUT2D eigenvalue weighted by atomic mass is 35.5. The summed E-state index contributed by atoms with van der Waals surface area (Å²) in [5, 5.41) is 7.92. The Morgan fingerprint density at radius 2 is 2.14 bits per heavy atom. The first kappa shape index (κ1) is 14.6. The zero-order valence-electron chi connectivity index (χ0n) is 11.4. The number of fused-ring (bicyclic) bond motifs is 1. The zero-order chi connectivity index (χ0) is 15.7. The van der Waals surface area contributed by atoms with Crippen molar-refractivity contribution in [2.75, 3.05) is 11.8 Å². The van der Waals surface area contributed by atoms with Crippen LogP contribution >= 0.6 is 11.6 Å². The van der Waals surface area contributed by atoms with Crippen molar-refractivity contribution in [1.82, 2.24) is 14.6 Å². The van der Waals surface area contributed by atoms with Gasteiger partial charge in [-0.1, -0.05) is 11.6 Å². The molecule has 3 aromatic rings. The second-order valence-electron chi connectivity index (χ2n) is 4.38. The van der Waals surface area contributed by atoms with E-state index >= 15 is 0 Å². The Kier molecular flexibility index (Phi) is 3.63. The molecule has 22 heavy (non-hydrogen) atoms. The van der Waals surface area contributed by atoms with Crippen molar-refractivity contribution in [2.45, 2.75) is 4.90 Å². The Hall–Kier alpha value is -2.32. The van der Waals surface area contributed by atoms with Crippen molar-refractivity contribution < 1.29 is 13.2 Å². The fourth-order valence-corrected chi connectivity index (χ4v) is 3.48. The molecule has 0 saturated carbocycles. The van der Waals surface area contributed by atoms with Gasteiger partial charge in [-0.25, -0.2) is 8.42 Å². The van der Waals surface area contributed by atoms with Crippen LogP contribution in [-0.4, -0.2) is 30.1 Å². The number of anilines is 1. The number of hydrogen-bond donors (Lipinski definition) is 1. The zero-order valence-corrected chi connectivity index (χ0v) is 13.0. The van der Waals surface area contributed by atoms with Crippen LogP contribution in [0.5, 0.6) is 5.75 Å². The van der Waals surface area contributed by atoms with Gasteiger partial charge in [0, 0.05) is 11.2 Å². The Bertz CT molecular complexity index is 939. The summed E-state index contributed by atoms with van der Waals surface area (Å²) in [6.45, 7) is 0. The number of methoxy groups -OCH3 is 1. The summed E-state index contributed by atoms with van der Waals surface area (Å²) in [6, 6.07) is 7.65. The molecule has 3 rings (SSSR count). The average Bonchev–Trinajstić information content (AvgIpc) is 2.96. The molecule has 0 aliphatic rings. The summed E-state index contributed by atoms with van der Waals surface area (Å²) in [5.41, 5.74) is 0.703. The SMILES string of the molecule is COc1ccc(Cl)cc1S(=O)(=O)Nc1cccn2cnnc12. The highest BCUT2D eigenvalue weighted by Gasteiger charge is 2.21. The van der Waals surface area contributed by atoms with E-state index in [0.717, 1.165) is 0 Å². The molecule has 7 nitrogen and oxygen atoms in total. The fourth-order valence-electron chi connectivity index (χ4n) is 1.99. The lowest BCUT2D eigenvalue weighted by atomic mass is 10.3. The predicted molar refractivity (Wildman–Crippen MR) is 81.8 cm³/mol. The Balaban J connectivity index is 2.08. The number of rotatable bonds is 4. The monoisotopic (exact) mass is 338 g/mol. The number of sulfonamides is 1. The summed E-state index contributed by atoms with van der Waals surface area (Å²) < 4.78 is 34.3. The van der Waals surface area contributed by atoms with Gasteiger partial charge < -0.3 is 4.74 Å². The van der Waals surface area contributed by atoms with Crippen LogP contribution in [0.25, 0.3) is 5.65 Å². The van der Waals surface area contributed by atoms with Gasteiger partial charge in [-0.2, -0.15) is 0 Å². The molecule has 0 radical (unpaired) electrons. The highest BCUT2D eigenvalue weighted by molar-refractivity contribution is 7.92. The molecule has 0 unspecified atom stereocenters. The molecule has 0 saturated heterocycles. The Morgan fingerprint density at radius 1 is 1.32 bits per heavy atom. The molecule has 0 spiro atoms. The molecule has 2 heterocycles. The van der Waals surface area contributed by atoms with Crippen molar-refractivity contribution in [1.29, 1.82) is 0 Å². The van der Waals surface area contributed by atoms with E-state index in [9.17, 15) is 8.42 Å². The third kappa shape index (κ3) is 2.58. The molecule has 0 amide bonds. The molecule has 0 aliphatic carbocycles. The Morgan fingerprint density at radius 3 is 2.91 bits per heavy atom. The van der Waals surface area contributed by atoms with E-state index in [-0.39, 0.29) is 10.6 Å². The molecule has 2 aromatic heterocycles. The predicted octanol–water partition coefficient (Wildman–Crippen LogP) is 2.19. The second-order valence-corrected chi connectivity index (χ2v) is 6.47. The largest absolute Gasteiger partial charge is 0.495 e. The number of nitrogens with one attached hydrogen (secondary N) is 1. The van der Waals surface area contributed by atoms with E-state index in [2.05, 4.69) is 14.9 Å². The normalized spacial score (nSPS) is 11.5. The van der Waals surface area contributed by atoms with Gasteiger partial charge in [0.15, 0.2) is 5.65 Å². The fraction of sp³-hybridized carbons (Fsp3) is 0.0769. The third-order valence-corrected chi connectivity index (χ3v) is 4.60. The standard InChI is InChI=1S/C13H11ClN4O3S/c1-21-11-5-4-9(14)7-12(11)22(19,20)17-10-3-2-6-18-8-15-16-13(10)18/h2-8,17H,1H3. The van der Waals surface area contributed by atoms with E-state index in [0.29, 0.717) is 16.4 Å². The summed E-state index contributed by atoms with van der Waals surface area (Å²) in [5.74, 6) is 0.199. The summed E-state index contributed by atoms with van der Waals surface area (Å²) in [6.07, 6.45) is 3.19. The molecule has 0 aliphatic heterocycles. The van der Waals surface area contributed by atoms with E-state index in [1.165, 1.54) is 25.6 Å². The van der Waals surface area contributed by atoms with Crippen molar-refractivity contribution in [3.8, 4) is 5.75 Å².